The van der Waals surface area contributed by atoms with Crippen LogP contribution >= 0.6 is 0 Å². The van der Waals surface area contributed by atoms with Crippen LogP contribution in [0.3, 0.4) is 0 Å². The zero-order valence-electron chi connectivity index (χ0n) is 11.5. The molecule has 0 fully saturated rings. The van der Waals surface area contributed by atoms with Gasteiger partial charge in [-0.25, -0.2) is 0 Å². The molecule has 0 spiro atoms. The molecular formula is C17H13N3O. The minimum Gasteiger partial charge on any atom is -0.454 e. The summed E-state index contributed by atoms with van der Waals surface area (Å²) in [6.07, 6.45) is 0. The van der Waals surface area contributed by atoms with E-state index in [2.05, 4.69) is 15.5 Å². The zero-order valence-corrected chi connectivity index (χ0v) is 11.5. The molecule has 2 heterocycles. The summed E-state index contributed by atoms with van der Waals surface area (Å²) in [4.78, 5) is 0. The van der Waals surface area contributed by atoms with Gasteiger partial charge in [0, 0.05) is 23.2 Å². The fourth-order valence-electron chi connectivity index (χ4n) is 2.57. The van der Waals surface area contributed by atoms with Gasteiger partial charge in [-0.2, -0.15) is 0 Å². The van der Waals surface area contributed by atoms with Crippen LogP contribution in [-0.4, -0.2) is 17.2 Å². The second-order valence-electron chi connectivity index (χ2n) is 4.84. The topological polar surface area (TPSA) is 51.0 Å². The molecule has 0 aliphatic rings. The summed E-state index contributed by atoms with van der Waals surface area (Å²) in [7, 11) is 1.84. The Morgan fingerprint density at radius 1 is 0.905 bits per heavy atom. The van der Waals surface area contributed by atoms with Gasteiger partial charge in [0.15, 0.2) is 11.6 Å². The molecule has 0 saturated heterocycles. The van der Waals surface area contributed by atoms with Gasteiger partial charge in [0.05, 0.1) is 0 Å². The molecule has 0 aliphatic heterocycles. The number of anilines is 1. The first-order valence-corrected chi connectivity index (χ1v) is 6.79. The molecule has 2 aromatic heterocycles. The van der Waals surface area contributed by atoms with Crippen molar-refractivity contribution in [1.29, 1.82) is 0 Å². The molecule has 4 rings (SSSR count). The van der Waals surface area contributed by atoms with Crippen LogP contribution < -0.4 is 5.32 Å². The molecule has 0 aliphatic carbocycles. The first-order chi connectivity index (χ1) is 10.4. The molecule has 1 N–H and O–H groups in total. The molecule has 4 aromatic rings. The third-order valence-corrected chi connectivity index (χ3v) is 3.58. The third-order valence-electron chi connectivity index (χ3n) is 3.58. The van der Waals surface area contributed by atoms with E-state index in [1.165, 1.54) is 0 Å². The molecule has 4 heteroatoms. The maximum Gasteiger partial charge on any atom is 0.156 e. The Bertz CT molecular complexity index is 910. The minimum atomic E-state index is 0.738. The largest absolute Gasteiger partial charge is 0.454 e. The van der Waals surface area contributed by atoms with Crippen molar-refractivity contribution in [3.63, 3.8) is 0 Å². The normalized spacial score (nSPS) is 11.1. The number of aromatic nitrogens is 2. The summed E-state index contributed by atoms with van der Waals surface area (Å²) in [6, 6.07) is 18.0. The van der Waals surface area contributed by atoms with Gasteiger partial charge < -0.3 is 9.73 Å². The monoisotopic (exact) mass is 275 g/mol. The highest BCUT2D eigenvalue weighted by molar-refractivity contribution is 6.00. The Hall–Kier alpha value is -2.88. The van der Waals surface area contributed by atoms with E-state index in [4.69, 9.17) is 4.42 Å². The Labute approximate surface area is 121 Å². The van der Waals surface area contributed by atoms with Crippen LogP contribution in [0.5, 0.6) is 0 Å². The Balaban J connectivity index is 2.02. The first kappa shape index (κ1) is 11.9. The SMILES string of the molecule is CNc1nnc(-c2cc3ccccc3o2)c2ccccc12. The fourth-order valence-corrected chi connectivity index (χ4v) is 2.57. The van der Waals surface area contributed by atoms with Gasteiger partial charge in [-0.3, -0.25) is 0 Å². The van der Waals surface area contributed by atoms with Gasteiger partial charge in [0.25, 0.3) is 0 Å². The van der Waals surface area contributed by atoms with E-state index >= 15 is 0 Å². The summed E-state index contributed by atoms with van der Waals surface area (Å²) >= 11 is 0. The Morgan fingerprint density at radius 3 is 2.48 bits per heavy atom. The maximum absolute atomic E-state index is 5.91. The van der Waals surface area contributed by atoms with E-state index in [1.54, 1.807) is 0 Å². The average molecular weight is 275 g/mol. The summed E-state index contributed by atoms with van der Waals surface area (Å²) in [5.41, 5.74) is 1.62. The lowest BCUT2D eigenvalue weighted by Crippen LogP contribution is -1.97. The number of fused-ring (bicyclic) bond motifs is 2. The predicted molar refractivity (Wildman–Crippen MR) is 84.3 cm³/mol. The van der Waals surface area contributed by atoms with Gasteiger partial charge in [-0.1, -0.05) is 42.5 Å². The van der Waals surface area contributed by atoms with Crippen LogP contribution in [0.25, 0.3) is 33.2 Å². The summed E-state index contributed by atoms with van der Waals surface area (Å²) in [5, 5.41) is 14.8. The molecule has 102 valence electrons. The van der Waals surface area contributed by atoms with Gasteiger partial charge in [0.2, 0.25) is 0 Å². The fraction of sp³-hybridized carbons (Fsp3) is 0.0588. The molecule has 0 unspecified atom stereocenters. The van der Waals surface area contributed by atoms with Crippen LogP contribution in [0, 0.1) is 0 Å². The molecule has 2 aromatic carbocycles. The molecule has 0 radical (unpaired) electrons. The zero-order chi connectivity index (χ0) is 14.2. The Morgan fingerprint density at radius 2 is 1.67 bits per heavy atom. The third kappa shape index (κ3) is 1.84. The number of para-hydroxylation sites is 1. The smallest absolute Gasteiger partial charge is 0.156 e. The van der Waals surface area contributed by atoms with Crippen LogP contribution in [0.4, 0.5) is 5.82 Å². The van der Waals surface area contributed by atoms with E-state index < -0.39 is 0 Å². The highest BCUT2D eigenvalue weighted by Gasteiger charge is 2.13. The van der Waals surface area contributed by atoms with E-state index in [9.17, 15) is 0 Å². The van der Waals surface area contributed by atoms with Crippen LogP contribution in [0.15, 0.2) is 59.0 Å². The van der Waals surface area contributed by atoms with Crippen LogP contribution in [0.2, 0.25) is 0 Å². The number of nitrogens with zero attached hydrogens (tertiary/aromatic N) is 2. The summed E-state index contributed by atoms with van der Waals surface area (Å²) < 4.78 is 5.91. The second kappa shape index (κ2) is 4.59. The molecule has 4 nitrogen and oxygen atoms in total. The molecule has 21 heavy (non-hydrogen) atoms. The number of nitrogens with one attached hydrogen (secondary N) is 1. The minimum absolute atomic E-state index is 0.738. The molecule has 0 amide bonds. The number of furan rings is 1. The molecule has 0 bridgehead atoms. The second-order valence-corrected chi connectivity index (χ2v) is 4.84. The maximum atomic E-state index is 5.91. The van der Waals surface area contributed by atoms with Crippen molar-refractivity contribution in [2.24, 2.45) is 0 Å². The van der Waals surface area contributed by atoms with Gasteiger partial charge in [-0.15, -0.1) is 10.2 Å². The van der Waals surface area contributed by atoms with Crippen molar-refractivity contribution in [2.45, 2.75) is 0 Å². The quantitative estimate of drug-likeness (QED) is 0.598. The van der Waals surface area contributed by atoms with Crippen LogP contribution in [0.1, 0.15) is 0 Å². The van der Waals surface area contributed by atoms with Crippen molar-refractivity contribution < 1.29 is 4.42 Å². The van der Waals surface area contributed by atoms with Crippen molar-refractivity contribution in [2.75, 3.05) is 12.4 Å². The van der Waals surface area contributed by atoms with Crippen molar-refractivity contribution in [3.8, 4) is 11.5 Å². The number of hydrogen-bond acceptors (Lipinski definition) is 4. The van der Waals surface area contributed by atoms with Gasteiger partial charge >= 0.3 is 0 Å². The standard InChI is InChI=1S/C17H13N3O/c1-18-17-13-8-4-3-7-12(13)16(19-20-17)15-10-11-6-2-5-9-14(11)21-15/h2-10H,1H3,(H,18,20). The predicted octanol–water partition coefficient (Wildman–Crippen LogP) is 4.08. The van der Waals surface area contributed by atoms with E-state index in [-0.39, 0.29) is 0 Å². The highest BCUT2D eigenvalue weighted by atomic mass is 16.3. The molecular weight excluding hydrogens is 262 g/mol. The Kier molecular flexibility index (Phi) is 2.60. The molecule has 0 saturated carbocycles. The van der Waals surface area contributed by atoms with Crippen molar-refractivity contribution in [1.82, 2.24) is 10.2 Å². The lowest BCUT2D eigenvalue weighted by atomic mass is 10.1. The van der Waals surface area contributed by atoms with Crippen molar-refractivity contribution >= 4 is 27.6 Å². The number of benzene rings is 2. The summed E-state index contributed by atoms with van der Waals surface area (Å²) in [6.45, 7) is 0. The highest BCUT2D eigenvalue weighted by Crippen LogP contribution is 2.32. The summed E-state index contributed by atoms with van der Waals surface area (Å²) in [5.74, 6) is 1.51. The average Bonchev–Trinajstić information content (AvgIpc) is 2.97. The van der Waals surface area contributed by atoms with Gasteiger partial charge in [-0.05, 0) is 12.1 Å². The van der Waals surface area contributed by atoms with Crippen molar-refractivity contribution in [3.05, 3.63) is 54.6 Å². The lowest BCUT2D eigenvalue weighted by molar-refractivity contribution is 0.628. The lowest BCUT2D eigenvalue weighted by Gasteiger charge is -2.06. The number of rotatable bonds is 2. The van der Waals surface area contributed by atoms with Gasteiger partial charge in [0.1, 0.15) is 11.3 Å². The van der Waals surface area contributed by atoms with E-state index in [0.717, 1.165) is 39.0 Å². The number of hydrogen-bond donors (Lipinski definition) is 1. The molecule has 0 atom stereocenters. The first-order valence-electron chi connectivity index (χ1n) is 6.79. The van der Waals surface area contributed by atoms with E-state index in [1.807, 2.05) is 61.6 Å². The van der Waals surface area contributed by atoms with Crippen LogP contribution in [-0.2, 0) is 0 Å². The van der Waals surface area contributed by atoms with E-state index in [0.29, 0.717) is 0 Å².